The molecule has 3 rings (SSSR count). The van der Waals surface area contributed by atoms with E-state index in [4.69, 9.17) is 4.74 Å². The van der Waals surface area contributed by atoms with Crippen LogP contribution >= 0.6 is 0 Å². The van der Waals surface area contributed by atoms with Crippen LogP contribution in [0.1, 0.15) is 26.3 Å². The van der Waals surface area contributed by atoms with Crippen LogP contribution < -0.4 is 0 Å². The number of nitrogens with zero attached hydrogens (tertiary/aromatic N) is 4. The van der Waals surface area contributed by atoms with Gasteiger partial charge in [0.25, 0.3) is 10.0 Å². The Morgan fingerprint density at radius 1 is 1.12 bits per heavy atom. The molecule has 0 unspecified atom stereocenters. The molecule has 32 heavy (non-hydrogen) atoms. The highest BCUT2D eigenvalue weighted by Gasteiger charge is 2.30. The van der Waals surface area contributed by atoms with Gasteiger partial charge in [0, 0.05) is 36.7 Å². The summed E-state index contributed by atoms with van der Waals surface area (Å²) in [6, 6.07) is 6.76. The van der Waals surface area contributed by atoms with Crippen LogP contribution in [0.15, 0.2) is 53.9 Å². The minimum atomic E-state index is -4.39. The lowest BCUT2D eigenvalue weighted by Gasteiger charge is -2.30. The summed E-state index contributed by atoms with van der Waals surface area (Å²) >= 11 is 0. The molecule has 0 N–H and O–H groups in total. The van der Waals surface area contributed by atoms with Gasteiger partial charge in [-0.15, -0.1) is 0 Å². The quantitative estimate of drug-likeness (QED) is 0.533. The molecule has 0 bridgehead atoms. The van der Waals surface area contributed by atoms with Gasteiger partial charge in [0.1, 0.15) is 12.3 Å². The van der Waals surface area contributed by atoms with Crippen LogP contribution in [-0.4, -0.2) is 45.9 Å². The summed E-state index contributed by atoms with van der Waals surface area (Å²) in [6.07, 6.45) is 2.64. The topological polar surface area (TPSA) is 94.4 Å². The Bertz CT molecular complexity index is 1240. The van der Waals surface area contributed by atoms with Crippen LogP contribution in [0.2, 0.25) is 0 Å². The van der Waals surface area contributed by atoms with Crippen LogP contribution in [-0.2, 0) is 21.4 Å². The molecule has 0 spiro atoms. The Balaban J connectivity index is 2.09. The third-order valence-electron chi connectivity index (χ3n) is 4.79. The first-order valence-corrected chi connectivity index (χ1v) is 11.0. The van der Waals surface area contributed by atoms with Crippen molar-refractivity contribution < 1.29 is 26.7 Å². The van der Waals surface area contributed by atoms with Crippen molar-refractivity contribution in [2.24, 2.45) is 0 Å². The fourth-order valence-corrected chi connectivity index (χ4v) is 4.04. The monoisotopic (exact) mass is 464 g/mol. The first kappa shape index (κ1) is 23.3. The van der Waals surface area contributed by atoms with Gasteiger partial charge in [0.05, 0.1) is 5.56 Å². The summed E-state index contributed by atoms with van der Waals surface area (Å²) in [6.45, 7) is 4.79. The van der Waals surface area contributed by atoms with Crippen molar-refractivity contribution in [3.05, 3.63) is 66.3 Å². The minimum Gasteiger partial charge on any atom is -0.444 e. The van der Waals surface area contributed by atoms with Crippen LogP contribution in [0.4, 0.5) is 13.6 Å². The molecule has 170 valence electrons. The Morgan fingerprint density at radius 2 is 1.81 bits per heavy atom. The summed E-state index contributed by atoms with van der Waals surface area (Å²) in [7, 11) is -2.87. The van der Waals surface area contributed by atoms with Crippen molar-refractivity contribution in [3.8, 4) is 11.3 Å². The van der Waals surface area contributed by atoms with E-state index in [1.54, 1.807) is 20.8 Å². The smallest absolute Gasteiger partial charge is 0.410 e. The van der Waals surface area contributed by atoms with E-state index in [0.717, 1.165) is 12.4 Å². The second-order valence-corrected chi connectivity index (χ2v) is 9.67. The number of hydrogen-bond donors (Lipinski definition) is 0. The molecule has 0 aliphatic rings. The maximum absolute atomic E-state index is 15.4. The molecule has 3 aromatic rings. The molecule has 0 saturated heterocycles. The van der Waals surface area contributed by atoms with E-state index in [-0.39, 0.29) is 16.2 Å². The maximum Gasteiger partial charge on any atom is 0.410 e. The molecule has 11 heteroatoms. The number of hydrogen-bond acceptors (Lipinski definition) is 6. The van der Waals surface area contributed by atoms with Gasteiger partial charge in [-0.05, 0) is 45.0 Å². The number of aromatic nitrogens is 3. The highest BCUT2D eigenvalue weighted by atomic mass is 32.2. The zero-order chi connectivity index (χ0) is 23.7. The average molecular weight is 464 g/mol. The van der Waals surface area contributed by atoms with E-state index in [1.807, 2.05) is 0 Å². The van der Waals surface area contributed by atoms with Gasteiger partial charge >= 0.3 is 6.09 Å². The fraction of sp³-hybridized carbons (Fsp3) is 0.286. The zero-order valence-electron chi connectivity index (χ0n) is 17.9. The van der Waals surface area contributed by atoms with Gasteiger partial charge in [-0.1, -0.05) is 6.07 Å². The van der Waals surface area contributed by atoms with Crippen LogP contribution in [0.3, 0.4) is 0 Å². The average Bonchev–Trinajstić information content (AvgIpc) is 3.08. The standard InChI is InChI=1S/C21H22F2N4O4S/c1-21(2,3)26(4)20(28)31-13-14-12-27(32(29,30)16-9-5-6-10-24-16)18(17(14)22)15-8-7-11-25-19(15)23/h5-12H,13H2,1-4H3. The number of carbonyl (C=O) groups is 1. The highest BCUT2D eigenvalue weighted by Crippen LogP contribution is 2.32. The molecule has 1 amide bonds. The van der Waals surface area contributed by atoms with Crippen LogP contribution in [0.5, 0.6) is 0 Å². The highest BCUT2D eigenvalue weighted by molar-refractivity contribution is 7.90. The van der Waals surface area contributed by atoms with Crippen molar-refractivity contribution >= 4 is 16.1 Å². The van der Waals surface area contributed by atoms with E-state index >= 15 is 4.39 Å². The third kappa shape index (κ3) is 4.47. The second kappa shape index (κ2) is 8.65. The number of pyridine rings is 2. The maximum atomic E-state index is 15.4. The van der Waals surface area contributed by atoms with Gasteiger partial charge in [-0.25, -0.2) is 23.1 Å². The number of rotatable bonds is 5. The number of halogens is 2. The van der Waals surface area contributed by atoms with Gasteiger partial charge < -0.3 is 9.64 Å². The minimum absolute atomic E-state index is 0.251. The Hall–Kier alpha value is -3.34. The largest absolute Gasteiger partial charge is 0.444 e. The summed E-state index contributed by atoms with van der Waals surface area (Å²) in [5.41, 5.74) is -1.74. The lowest BCUT2D eigenvalue weighted by atomic mass is 10.1. The van der Waals surface area contributed by atoms with Crippen molar-refractivity contribution in [1.29, 1.82) is 0 Å². The molecule has 8 nitrogen and oxygen atoms in total. The number of ether oxygens (including phenoxy) is 1. The zero-order valence-corrected chi connectivity index (χ0v) is 18.7. The molecule has 0 aliphatic carbocycles. The summed E-state index contributed by atoms with van der Waals surface area (Å²) in [4.78, 5) is 20.9. The second-order valence-electron chi connectivity index (χ2n) is 7.91. The van der Waals surface area contributed by atoms with Crippen molar-refractivity contribution in [1.82, 2.24) is 18.8 Å². The van der Waals surface area contributed by atoms with E-state index in [1.165, 1.54) is 48.5 Å². The van der Waals surface area contributed by atoms with E-state index in [0.29, 0.717) is 3.97 Å². The Kier molecular flexibility index (Phi) is 6.31. The predicted molar refractivity (Wildman–Crippen MR) is 112 cm³/mol. The molecule has 0 aromatic carbocycles. The fourth-order valence-electron chi connectivity index (χ4n) is 2.71. The predicted octanol–water partition coefficient (Wildman–Crippen LogP) is 3.83. The molecule has 0 atom stereocenters. The lowest BCUT2D eigenvalue weighted by Crippen LogP contribution is -2.42. The molecular formula is C21H22F2N4O4S. The molecule has 3 aromatic heterocycles. The Morgan fingerprint density at radius 3 is 2.41 bits per heavy atom. The third-order valence-corrected chi connectivity index (χ3v) is 6.37. The van der Waals surface area contributed by atoms with E-state index in [9.17, 15) is 17.6 Å². The first-order chi connectivity index (χ1) is 14.9. The van der Waals surface area contributed by atoms with Crippen LogP contribution in [0, 0.1) is 11.8 Å². The lowest BCUT2D eigenvalue weighted by molar-refractivity contribution is 0.0753. The Labute approximate surface area is 184 Å². The van der Waals surface area contributed by atoms with Gasteiger partial charge in [-0.3, -0.25) is 0 Å². The van der Waals surface area contributed by atoms with E-state index in [2.05, 4.69) is 9.97 Å². The van der Waals surface area contributed by atoms with Gasteiger partial charge in [0.2, 0.25) is 5.95 Å². The summed E-state index contributed by atoms with van der Waals surface area (Å²) in [5, 5.41) is -0.364. The molecule has 0 aliphatic heterocycles. The number of amides is 1. The van der Waals surface area contributed by atoms with Gasteiger partial charge in [0.15, 0.2) is 10.8 Å². The van der Waals surface area contributed by atoms with Crippen LogP contribution in [0.25, 0.3) is 11.3 Å². The summed E-state index contributed by atoms with van der Waals surface area (Å²) < 4.78 is 61.8. The normalized spacial score (nSPS) is 11.9. The summed E-state index contributed by atoms with van der Waals surface area (Å²) in [5.74, 6) is -2.11. The van der Waals surface area contributed by atoms with Gasteiger partial charge in [-0.2, -0.15) is 12.8 Å². The van der Waals surface area contributed by atoms with Crippen molar-refractivity contribution in [2.75, 3.05) is 7.05 Å². The van der Waals surface area contributed by atoms with Crippen molar-refractivity contribution in [3.63, 3.8) is 0 Å². The van der Waals surface area contributed by atoms with E-state index < -0.39 is 45.7 Å². The van der Waals surface area contributed by atoms with Crippen molar-refractivity contribution in [2.45, 2.75) is 37.9 Å². The molecule has 0 radical (unpaired) electrons. The molecule has 0 saturated carbocycles. The molecule has 0 fully saturated rings. The SMILES string of the molecule is CN(C(=O)OCc1cn(S(=O)(=O)c2ccccn2)c(-c2cccnc2F)c1F)C(C)(C)C. The first-order valence-electron chi connectivity index (χ1n) is 9.52. The molecular weight excluding hydrogens is 442 g/mol. The molecule has 3 heterocycles. The number of carbonyl (C=O) groups excluding carboxylic acids is 1.